The van der Waals surface area contributed by atoms with Gasteiger partial charge in [0.05, 0.1) is 5.00 Å². The minimum absolute atomic E-state index is 0.00579. The van der Waals surface area contributed by atoms with Gasteiger partial charge in [-0.15, -0.1) is 11.3 Å². The highest BCUT2D eigenvalue weighted by Gasteiger charge is 2.39. The summed E-state index contributed by atoms with van der Waals surface area (Å²) in [4.78, 5) is 26.4. The molecule has 0 radical (unpaired) electrons. The zero-order valence-corrected chi connectivity index (χ0v) is 14.8. The highest BCUT2D eigenvalue weighted by molar-refractivity contribution is 7.23. The van der Waals surface area contributed by atoms with E-state index in [9.17, 15) is 9.59 Å². The van der Waals surface area contributed by atoms with Gasteiger partial charge in [0.15, 0.2) is 0 Å². The van der Waals surface area contributed by atoms with Crippen molar-refractivity contribution in [3.63, 3.8) is 0 Å². The Morgan fingerprint density at radius 2 is 2.20 bits per heavy atom. The number of nitrogens with one attached hydrogen (secondary N) is 2. The van der Waals surface area contributed by atoms with E-state index in [1.165, 1.54) is 6.42 Å². The summed E-state index contributed by atoms with van der Waals surface area (Å²) in [5.74, 6) is 0.208. The summed E-state index contributed by atoms with van der Waals surface area (Å²) in [6, 6.07) is 9.15. The van der Waals surface area contributed by atoms with Crippen LogP contribution in [0.2, 0.25) is 0 Å². The zero-order valence-electron chi connectivity index (χ0n) is 14.0. The van der Waals surface area contributed by atoms with E-state index in [1.807, 2.05) is 29.2 Å². The highest BCUT2D eigenvalue weighted by Crippen LogP contribution is 2.35. The lowest BCUT2D eigenvalue weighted by atomic mass is 9.95. The van der Waals surface area contributed by atoms with E-state index in [0.717, 1.165) is 40.9 Å². The summed E-state index contributed by atoms with van der Waals surface area (Å²) >= 11 is 1.62. The molecule has 2 aromatic rings. The highest BCUT2D eigenvalue weighted by atomic mass is 32.1. The molecule has 1 aromatic carbocycles. The average molecular weight is 355 g/mol. The first-order valence-electron chi connectivity index (χ1n) is 9.08. The Morgan fingerprint density at radius 1 is 1.28 bits per heavy atom. The van der Waals surface area contributed by atoms with Gasteiger partial charge in [0.1, 0.15) is 0 Å². The standard InChI is InChI=1S/C19H21N3O2S/c23-17-2-1-7-22(17)18-9-12-8-11(3-6-16(12)25-18)19(24)21-15-10-13-4-5-14(15)20-13/h3,6,8-9,13-15,20H,1-2,4-5,7,10H2,(H,21,24)/t13-,14+,15-/m1/s1. The monoisotopic (exact) mass is 355 g/mol. The maximum Gasteiger partial charge on any atom is 0.251 e. The normalized spacial score (nSPS) is 28.2. The molecule has 3 aliphatic heterocycles. The number of carbonyl (C=O) groups excluding carboxylic acids is 2. The van der Waals surface area contributed by atoms with Crippen molar-refractivity contribution in [3.05, 3.63) is 29.8 Å². The van der Waals surface area contributed by atoms with Crippen LogP contribution < -0.4 is 15.5 Å². The van der Waals surface area contributed by atoms with Crippen molar-refractivity contribution >= 4 is 38.2 Å². The van der Waals surface area contributed by atoms with Gasteiger partial charge in [-0.25, -0.2) is 0 Å². The van der Waals surface area contributed by atoms with Crippen LogP contribution in [0.5, 0.6) is 0 Å². The van der Waals surface area contributed by atoms with Gasteiger partial charge in [0.25, 0.3) is 5.91 Å². The first-order valence-corrected chi connectivity index (χ1v) is 9.90. The topological polar surface area (TPSA) is 61.4 Å². The van der Waals surface area contributed by atoms with E-state index in [0.29, 0.717) is 24.1 Å². The number of benzene rings is 1. The smallest absolute Gasteiger partial charge is 0.251 e. The second-order valence-electron chi connectivity index (χ2n) is 7.35. The zero-order chi connectivity index (χ0) is 17.0. The molecule has 2 amide bonds. The van der Waals surface area contributed by atoms with Gasteiger partial charge in [-0.1, -0.05) is 0 Å². The number of amides is 2. The van der Waals surface area contributed by atoms with Gasteiger partial charge < -0.3 is 15.5 Å². The second kappa shape index (κ2) is 5.81. The van der Waals surface area contributed by atoms with E-state index >= 15 is 0 Å². The van der Waals surface area contributed by atoms with Crippen molar-refractivity contribution in [2.24, 2.45) is 0 Å². The minimum Gasteiger partial charge on any atom is -0.348 e. The van der Waals surface area contributed by atoms with Gasteiger partial charge in [-0.05, 0) is 55.3 Å². The van der Waals surface area contributed by atoms with Gasteiger partial charge in [0, 0.05) is 41.4 Å². The molecule has 5 nitrogen and oxygen atoms in total. The van der Waals surface area contributed by atoms with Gasteiger partial charge >= 0.3 is 0 Å². The number of anilines is 1. The third-order valence-corrected chi connectivity index (χ3v) is 6.86. The van der Waals surface area contributed by atoms with Crippen LogP contribution >= 0.6 is 11.3 Å². The summed E-state index contributed by atoms with van der Waals surface area (Å²) < 4.78 is 1.12. The molecule has 0 saturated carbocycles. The summed E-state index contributed by atoms with van der Waals surface area (Å²) in [6.45, 7) is 0.802. The summed E-state index contributed by atoms with van der Waals surface area (Å²) in [5, 5.41) is 8.78. The molecule has 4 heterocycles. The predicted octanol–water partition coefficient (Wildman–Crippen LogP) is 2.65. The number of rotatable bonds is 3. The Labute approximate surface area is 150 Å². The SMILES string of the molecule is O=C(N[C@@H]1C[C@H]2CC[C@@H]1N2)c1ccc2sc(N3CCCC3=O)cc2c1. The van der Waals surface area contributed by atoms with E-state index in [1.54, 1.807) is 11.3 Å². The molecule has 0 spiro atoms. The summed E-state index contributed by atoms with van der Waals surface area (Å²) in [7, 11) is 0. The van der Waals surface area contributed by atoms with Crippen molar-refractivity contribution in [2.75, 3.05) is 11.4 Å². The molecule has 2 bridgehead atoms. The van der Waals surface area contributed by atoms with Crippen LogP contribution in [0.3, 0.4) is 0 Å². The largest absolute Gasteiger partial charge is 0.348 e. The van der Waals surface area contributed by atoms with Crippen LogP contribution in [0, 0.1) is 0 Å². The van der Waals surface area contributed by atoms with Crippen LogP contribution in [0.15, 0.2) is 24.3 Å². The number of hydrogen-bond donors (Lipinski definition) is 2. The maximum absolute atomic E-state index is 12.6. The predicted molar refractivity (Wildman–Crippen MR) is 99.2 cm³/mol. The first-order chi connectivity index (χ1) is 12.2. The molecule has 3 atom stereocenters. The quantitative estimate of drug-likeness (QED) is 0.890. The Hall–Kier alpha value is -1.92. The Kier molecular flexibility index (Phi) is 3.57. The number of thiophene rings is 1. The van der Waals surface area contributed by atoms with Crippen molar-refractivity contribution in [1.82, 2.24) is 10.6 Å². The number of nitrogens with zero attached hydrogens (tertiary/aromatic N) is 1. The molecule has 3 fully saturated rings. The molecule has 3 saturated heterocycles. The number of fused-ring (bicyclic) bond motifs is 3. The third-order valence-electron chi connectivity index (χ3n) is 5.72. The molecule has 2 N–H and O–H groups in total. The van der Waals surface area contributed by atoms with Crippen molar-refractivity contribution in [2.45, 2.75) is 50.2 Å². The lowest BCUT2D eigenvalue weighted by Crippen LogP contribution is -2.42. The van der Waals surface area contributed by atoms with E-state index in [-0.39, 0.29) is 17.9 Å². The Morgan fingerprint density at radius 3 is 2.92 bits per heavy atom. The lowest BCUT2D eigenvalue weighted by molar-refractivity contribution is -0.117. The number of carbonyl (C=O) groups is 2. The molecular weight excluding hydrogens is 334 g/mol. The Bertz CT molecular complexity index is 861. The molecule has 25 heavy (non-hydrogen) atoms. The van der Waals surface area contributed by atoms with Crippen molar-refractivity contribution in [1.29, 1.82) is 0 Å². The molecule has 0 unspecified atom stereocenters. The fraction of sp³-hybridized carbons (Fsp3) is 0.474. The maximum atomic E-state index is 12.6. The molecule has 0 aliphatic carbocycles. The van der Waals surface area contributed by atoms with Crippen LogP contribution in [0.25, 0.3) is 10.1 Å². The molecule has 130 valence electrons. The van der Waals surface area contributed by atoms with E-state index < -0.39 is 0 Å². The fourth-order valence-corrected chi connectivity index (χ4v) is 5.51. The summed E-state index contributed by atoms with van der Waals surface area (Å²) in [5.41, 5.74) is 0.701. The molecule has 5 rings (SSSR count). The average Bonchev–Trinajstić information content (AvgIpc) is 3.37. The third kappa shape index (κ3) is 2.64. The van der Waals surface area contributed by atoms with Crippen LogP contribution in [0.1, 0.15) is 42.5 Å². The molecule has 1 aromatic heterocycles. The minimum atomic E-state index is 0.00579. The van der Waals surface area contributed by atoms with Gasteiger partial charge in [-0.2, -0.15) is 0 Å². The van der Waals surface area contributed by atoms with Crippen LogP contribution in [-0.2, 0) is 4.79 Å². The van der Waals surface area contributed by atoms with Crippen LogP contribution in [-0.4, -0.2) is 36.5 Å². The van der Waals surface area contributed by atoms with Crippen molar-refractivity contribution in [3.8, 4) is 0 Å². The second-order valence-corrected chi connectivity index (χ2v) is 8.41. The van der Waals surface area contributed by atoms with Crippen LogP contribution in [0.4, 0.5) is 5.00 Å². The van der Waals surface area contributed by atoms with Crippen molar-refractivity contribution < 1.29 is 9.59 Å². The summed E-state index contributed by atoms with van der Waals surface area (Å²) in [6.07, 6.45) is 5.00. The molecule has 3 aliphatic rings. The van der Waals surface area contributed by atoms with E-state index in [2.05, 4.69) is 10.6 Å². The lowest BCUT2D eigenvalue weighted by Gasteiger charge is -2.21. The first kappa shape index (κ1) is 15.3. The Balaban J connectivity index is 1.36. The van der Waals surface area contributed by atoms with Gasteiger partial charge in [0.2, 0.25) is 5.91 Å². The van der Waals surface area contributed by atoms with Gasteiger partial charge in [-0.3, -0.25) is 9.59 Å². The molecular formula is C19H21N3O2S. The van der Waals surface area contributed by atoms with E-state index in [4.69, 9.17) is 0 Å². The fourth-order valence-electron chi connectivity index (χ4n) is 4.42. The molecule has 6 heteroatoms. The number of hydrogen-bond acceptors (Lipinski definition) is 4.